The number of fused-ring (bicyclic) bond motifs is 2. The normalized spacial score (nSPS) is 20.3. The SMILES string of the molecule is CNC=C(C=C(F)C(=O)N1CCN(c2nc(OC[C@@H]3CCCN3C)nc3c2CCN(c2cccc4cccc(Cl)c24)C3)CC1CC#N)NN. The number of anilines is 2. The maximum Gasteiger partial charge on any atom is 0.318 e. The highest BCUT2D eigenvalue weighted by molar-refractivity contribution is 6.36. The number of hydrogen-bond acceptors (Lipinski definition) is 11. The molecule has 12 nitrogen and oxygen atoms in total. The van der Waals surface area contributed by atoms with Gasteiger partial charge in [-0.1, -0.05) is 35.9 Å². The quantitative estimate of drug-likeness (QED) is 0.125. The summed E-state index contributed by atoms with van der Waals surface area (Å²) in [5.74, 6) is 4.43. The average molecular weight is 689 g/mol. The van der Waals surface area contributed by atoms with Gasteiger partial charge in [0.25, 0.3) is 5.91 Å². The van der Waals surface area contributed by atoms with E-state index in [2.05, 4.69) is 56.8 Å². The largest absolute Gasteiger partial charge is 0.462 e. The monoisotopic (exact) mass is 688 g/mol. The first-order valence-corrected chi connectivity index (χ1v) is 17.0. The Balaban J connectivity index is 1.30. The Morgan fingerprint density at radius 2 is 1.98 bits per heavy atom. The van der Waals surface area contributed by atoms with Gasteiger partial charge >= 0.3 is 6.01 Å². The highest BCUT2D eigenvalue weighted by Crippen LogP contribution is 2.37. The van der Waals surface area contributed by atoms with Gasteiger partial charge in [-0.3, -0.25) is 10.6 Å². The van der Waals surface area contributed by atoms with Gasteiger partial charge in [0, 0.05) is 68.2 Å². The van der Waals surface area contributed by atoms with E-state index in [4.69, 9.17) is 32.1 Å². The van der Waals surface area contributed by atoms with E-state index >= 15 is 4.39 Å². The molecule has 49 heavy (non-hydrogen) atoms. The van der Waals surface area contributed by atoms with Gasteiger partial charge < -0.3 is 35.1 Å². The number of ether oxygens (including phenoxy) is 1. The third-order valence-corrected chi connectivity index (χ3v) is 9.91. The summed E-state index contributed by atoms with van der Waals surface area (Å²) in [6, 6.07) is 14.3. The number of halogens is 2. The Labute approximate surface area is 290 Å². The number of likely N-dealkylation sites (N-methyl/N-ethyl adjacent to an activating group) is 1. The van der Waals surface area contributed by atoms with Crippen LogP contribution >= 0.6 is 11.6 Å². The maximum atomic E-state index is 15.1. The molecular formula is C35H42ClFN10O2. The summed E-state index contributed by atoms with van der Waals surface area (Å²) in [6.45, 7) is 3.66. The van der Waals surface area contributed by atoms with Gasteiger partial charge in [0.2, 0.25) is 0 Å². The van der Waals surface area contributed by atoms with Crippen molar-refractivity contribution in [1.82, 2.24) is 30.5 Å². The molecule has 0 spiro atoms. The van der Waals surface area contributed by atoms with E-state index in [-0.39, 0.29) is 24.7 Å². The zero-order valence-electron chi connectivity index (χ0n) is 27.8. The molecule has 0 aliphatic carbocycles. The molecule has 4 N–H and O–H groups in total. The number of benzene rings is 2. The number of amides is 1. The number of carbonyl (C=O) groups excluding carboxylic acids is 1. The van der Waals surface area contributed by atoms with E-state index in [9.17, 15) is 10.1 Å². The lowest BCUT2D eigenvalue weighted by Gasteiger charge is -2.42. The van der Waals surface area contributed by atoms with Crippen molar-refractivity contribution in [3.8, 4) is 12.1 Å². The smallest absolute Gasteiger partial charge is 0.318 e. The predicted octanol–water partition coefficient (Wildman–Crippen LogP) is 3.63. The lowest BCUT2D eigenvalue weighted by Crippen LogP contribution is -2.56. The summed E-state index contributed by atoms with van der Waals surface area (Å²) in [5, 5.41) is 15.2. The van der Waals surface area contributed by atoms with Gasteiger partial charge in [-0.05, 0) is 50.4 Å². The number of nitrogens with two attached hydrogens (primary N) is 1. The minimum atomic E-state index is -0.976. The third kappa shape index (κ3) is 7.36. The number of piperazine rings is 1. The van der Waals surface area contributed by atoms with Gasteiger partial charge in [-0.15, -0.1) is 0 Å². The number of nitriles is 1. The summed E-state index contributed by atoms with van der Waals surface area (Å²) < 4.78 is 21.4. The Kier molecular flexibility index (Phi) is 10.7. The molecule has 1 aromatic heterocycles. The summed E-state index contributed by atoms with van der Waals surface area (Å²) in [6.07, 6.45) is 5.35. The van der Waals surface area contributed by atoms with E-state index in [1.54, 1.807) is 7.05 Å². The molecule has 14 heteroatoms. The molecule has 0 bridgehead atoms. The molecule has 1 unspecified atom stereocenters. The molecule has 4 heterocycles. The van der Waals surface area contributed by atoms with E-state index in [0.29, 0.717) is 50.2 Å². The van der Waals surface area contributed by atoms with Crippen LogP contribution in [0, 0.1) is 11.3 Å². The van der Waals surface area contributed by atoms with Gasteiger partial charge in [0.05, 0.1) is 41.5 Å². The second-order valence-corrected chi connectivity index (χ2v) is 13.0. The van der Waals surface area contributed by atoms with Crippen molar-refractivity contribution in [2.24, 2.45) is 5.84 Å². The molecule has 1 amide bonds. The molecule has 258 valence electrons. The van der Waals surface area contributed by atoms with Gasteiger partial charge in [0.15, 0.2) is 5.83 Å². The Morgan fingerprint density at radius 1 is 1.16 bits per heavy atom. The summed E-state index contributed by atoms with van der Waals surface area (Å²) >= 11 is 6.71. The van der Waals surface area contributed by atoms with Crippen molar-refractivity contribution in [2.75, 3.05) is 63.2 Å². The van der Waals surface area contributed by atoms with Crippen LogP contribution in [-0.2, 0) is 17.8 Å². The zero-order valence-corrected chi connectivity index (χ0v) is 28.6. The second kappa shape index (κ2) is 15.3. The van der Waals surface area contributed by atoms with Gasteiger partial charge in [0.1, 0.15) is 12.4 Å². The minimum Gasteiger partial charge on any atom is -0.462 e. The molecular weight excluding hydrogens is 647 g/mol. The van der Waals surface area contributed by atoms with Crippen LogP contribution in [0.25, 0.3) is 10.8 Å². The molecule has 2 fully saturated rings. The van der Waals surface area contributed by atoms with Crippen molar-refractivity contribution < 1.29 is 13.9 Å². The number of likely N-dealkylation sites (tertiary alicyclic amines) is 1. The molecule has 2 aromatic carbocycles. The number of allylic oxidation sites excluding steroid dienone is 1. The lowest BCUT2D eigenvalue weighted by atomic mass is 10.0. The fraction of sp³-hybridized carbons (Fsp3) is 0.429. The topological polar surface area (TPSA) is 139 Å². The third-order valence-electron chi connectivity index (χ3n) is 9.59. The zero-order chi connectivity index (χ0) is 34.5. The maximum absolute atomic E-state index is 15.1. The van der Waals surface area contributed by atoms with Crippen molar-refractivity contribution >= 4 is 39.8 Å². The van der Waals surface area contributed by atoms with Crippen LogP contribution in [-0.4, -0.2) is 91.2 Å². The summed E-state index contributed by atoms with van der Waals surface area (Å²) in [5.41, 5.74) is 5.46. The van der Waals surface area contributed by atoms with Crippen LogP contribution in [0.2, 0.25) is 5.02 Å². The van der Waals surface area contributed by atoms with E-state index in [1.165, 1.54) is 11.1 Å². The second-order valence-electron chi connectivity index (χ2n) is 12.6. The van der Waals surface area contributed by atoms with Crippen LogP contribution in [0.15, 0.2) is 60.2 Å². The van der Waals surface area contributed by atoms with Crippen molar-refractivity contribution in [2.45, 2.75) is 44.3 Å². The summed E-state index contributed by atoms with van der Waals surface area (Å²) in [4.78, 5) is 31.3. The highest BCUT2D eigenvalue weighted by atomic mass is 35.5. The number of hydrazine groups is 1. The average Bonchev–Trinajstić information content (AvgIpc) is 3.53. The minimum absolute atomic E-state index is 0.0319. The van der Waals surface area contributed by atoms with E-state index in [1.807, 2.05) is 18.2 Å². The number of nitrogens with zero attached hydrogens (tertiary/aromatic N) is 7. The molecule has 0 radical (unpaired) electrons. The first kappa shape index (κ1) is 34.2. The number of nitrogens with one attached hydrogen (secondary N) is 2. The van der Waals surface area contributed by atoms with Crippen LogP contribution in [0.4, 0.5) is 15.9 Å². The Hall–Kier alpha value is -4.64. The number of aromatic nitrogens is 2. The molecule has 3 aromatic rings. The Bertz CT molecular complexity index is 1790. The lowest BCUT2D eigenvalue weighted by molar-refractivity contribution is -0.131. The van der Waals surface area contributed by atoms with Crippen LogP contribution in [0.1, 0.15) is 30.5 Å². The fourth-order valence-electron chi connectivity index (χ4n) is 7.03. The van der Waals surface area contributed by atoms with Crippen LogP contribution in [0.5, 0.6) is 6.01 Å². The predicted molar refractivity (Wildman–Crippen MR) is 188 cm³/mol. The number of rotatable bonds is 10. The molecule has 3 aliphatic rings. The fourth-order valence-corrected chi connectivity index (χ4v) is 7.31. The standard InChI is InChI=1S/C35H42ClFN10O2/c1-40-19-24(43-39)18-29(37)34(48)47-17-16-46(20-25(47)11-13-38)33-27-12-15-45(31-10-4-7-23-6-3-9-28(36)32(23)31)21-30(27)41-35(42-33)49-22-26-8-5-14-44(26)2/h3-4,6-7,9-10,18-19,25-26,40,43H,5,8,11-12,14-17,20-22,39H2,1-2H3/t25?,26-/m0/s1. The highest BCUT2D eigenvalue weighted by Gasteiger charge is 2.35. The number of hydrogen-bond donors (Lipinski definition) is 3. The molecule has 0 saturated carbocycles. The summed E-state index contributed by atoms with van der Waals surface area (Å²) in [7, 11) is 3.74. The molecule has 2 atom stereocenters. The van der Waals surface area contributed by atoms with Crippen LogP contribution in [0.3, 0.4) is 0 Å². The van der Waals surface area contributed by atoms with E-state index < -0.39 is 17.8 Å². The van der Waals surface area contributed by atoms with Gasteiger partial charge in [-0.25, -0.2) is 4.39 Å². The molecule has 3 aliphatic heterocycles. The molecule has 2 saturated heterocycles. The Morgan fingerprint density at radius 3 is 2.71 bits per heavy atom. The first-order valence-electron chi connectivity index (χ1n) is 16.6. The van der Waals surface area contributed by atoms with Crippen LogP contribution < -0.4 is 31.1 Å². The van der Waals surface area contributed by atoms with Crippen molar-refractivity contribution in [1.29, 1.82) is 5.26 Å². The first-order chi connectivity index (χ1) is 23.8. The van der Waals surface area contributed by atoms with E-state index in [0.717, 1.165) is 59.0 Å². The number of carbonyl (C=O) groups is 1. The molecule has 6 rings (SSSR count). The van der Waals surface area contributed by atoms with Crippen molar-refractivity contribution in [3.05, 3.63) is 76.5 Å². The van der Waals surface area contributed by atoms with Crippen molar-refractivity contribution in [3.63, 3.8) is 0 Å². The van der Waals surface area contributed by atoms with Gasteiger partial charge in [-0.2, -0.15) is 15.2 Å².